The third-order valence-electron chi connectivity index (χ3n) is 3.68. The van der Waals surface area contributed by atoms with E-state index in [-0.39, 0.29) is 5.56 Å². The SMILES string of the molecule is Cc1ccc(-c2nnc(SCc3cc(=O)n4ccsc4n3)n2N)cc1. The summed E-state index contributed by atoms with van der Waals surface area (Å²) in [5.41, 5.74) is 2.68. The highest BCUT2D eigenvalue weighted by Gasteiger charge is 2.13. The van der Waals surface area contributed by atoms with E-state index < -0.39 is 0 Å². The van der Waals surface area contributed by atoms with Crippen LogP contribution in [0.4, 0.5) is 0 Å². The van der Waals surface area contributed by atoms with Gasteiger partial charge in [-0.25, -0.2) is 9.66 Å². The molecule has 0 aliphatic carbocycles. The molecule has 2 N–H and O–H groups in total. The number of hydrogen-bond donors (Lipinski definition) is 1. The number of hydrogen-bond acceptors (Lipinski definition) is 7. The van der Waals surface area contributed by atoms with Gasteiger partial charge in [0.1, 0.15) is 0 Å². The first-order chi connectivity index (χ1) is 12.1. The molecule has 0 amide bonds. The van der Waals surface area contributed by atoms with Crippen molar-refractivity contribution in [1.29, 1.82) is 0 Å². The van der Waals surface area contributed by atoms with Crippen LogP contribution < -0.4 is 11.4 Å². The molecule has 1 aromatic carbocycles. The third-order valence-corrected chi connectivity index (χ3v) is 5.41. The minimum atomic E-state index is -0.0867. The number of fused-ring (bicyclic) bond motifs is 1. The fraction of sp³-hybridized carbons (Fsp3) is 0.125. The molecule has 3 heterocycles. The van der Waals surface area contributed by atoms with Crippen LogP contribution in [0.1, 0.15) is 11.3 Å². The summed E-state index contributed by atoms with van der Waals surface area (Å²) >= 11 is 2.82. The molecule has 0 fully saturated rings. The first-order valence-electron chi connectivity index (χ1n) is 7.48. The largest absolute Gasteiger partial charge is 0.335 e. The minimum Gasteiger partial charge on any atom is -0.335 e. The number of nitrogens with two attached hydrogens (primary N) is 1. The van der Waals surface area contributed by atoms with Crippen LogP contribution in [0, 0.1) is 6.92 Å². The molecule has 3 aromatic heterocycles. The Balaban J connectivity index is 1.56. The van der Waals surface area contributed by atoms with Gasteiger partial charge in [0.25, 0.3) is 5.56 Å². The molecule has 0 radical (unpaired) electrons. The molecule has 0 unspecified atom stereocenters. The summed E-state index contributed by atoms with van der Waals surface area (Å²) in [6.07, 6.45) is 1.72. The molecule has 9 heteroatoms. The number of benzene rings is 1. The maximum atomic E-state index is 12.0. The predicted molar refractivity (Wildman–Crippen MR) is 99.2 cm³/mol. The van der Waals surface area contributed by atoms with Gasteiger partial charge in [0, 0.05) is 29.0 Å². The zero-order valence-electron chi connectivity index (χ0n) is 13.3. The molecule has 0 saturated heterocycles. The van der Waals surface area contributed by atoms with E-state index in [0.29, 0.717) is 27.4 Å². The number of aryl methyl sites for hydroxylation is 1. The lowest BCUT2D eigenvalue weighted by atomic mass is 10.1. The van der Waals surface area contributed by atoms with Gasteiger partial charge in [0.05, 0.1) is 5.69 Å². The maximum Gasteiger partial charge on any atom is 0.258 e. The van der Waals surface area contributed by atoms with Crippen molar-refractivity contribution in [3.8, 4) is 11.4 Å². The van der Waals surface area contributed by atoms with E-state index >= 15 is 0 Å². The molecule has 0 saturated carbocycles. The minimum absolute atomic E-state index is 0.0867. The Morgan fingerprint density at radius 1 is 1.24 bits per heavy atom. The molecular weight excluding hydrogens is 356 g/mol. The molecule has 0 aliphatic heterocycles. The summed E-state index contributed by atoms with van der Waals surface area (Å²) in [4.78, 5) is 17.2. The van der Waals surface area contributed by atoms with Crippen LogP contribution in [0.15, 0.2) is 51.9 Å². The number of nitrogens with zero attached hydrogens (tertiary/aromatic N) is 5. The first kappa shape index (κ1) is 15.9. The van der Waals surface area contributed by atoms with Gasteiger partial charge >= 0.3 is 0 Å². The number of aromatic nitrogens is 5. The van der Waals surface area contributed by atoms with E-state index in [4.69, 9.17) is 5.84 Å². The molecule has 4 aromatic rings. The Morgan fingerprint density at radius 3 is 2.84 bits per heavy atom. The fourth-order valence-corrected chi connectivity index (χ4v) is 3.86. The Morgan fingerprint density at radius 2 is 2.04 bits per heavy atom. The highest BCUT2D eigenvalue weighted by Crippen LogP contribution is 2.24. The molecule has 25 heavy (non-hydrogen) atoms. The lowest BCUT2D eigenvalue weighted by Gasteiger charge is -2.04. The van der Waals surface area contributed by atoms with E-state index in [1.807, 2.05) is 36.6 Å². The summed E-state index contributed by atoms with van der Waals surface area (Å²) in [6, 6.07) is 9.47. The van der Waals surface area contributed by atoms with Gasteiger partial charge in [-0.05, 0) is 6.92 Å². The molecular formula is C16H14N6OS2. The lowest BCUT2D eigenvalue weighted by Crippen LogP contribution is -2.13. The molecule has 4 rings (SSSR count). The van der Waals surface area contributed by atoms with Crippen LogP contribution >= 0.6 is 23.1 Å². The summed E-state index contributed by atoms with van der Waals surface area (Å²) in [5, 5.41) is 10.7. The average molecular weight is 370 g/mol. The predicted octanol–water partition coefficient (Wildman–Crippen LogP) is 2.33. The summed E-state index contributed by atoms with van der Waals surface area (Å²) in [5.74, 6) is 7.22. The van der Waals surface area contributed by atoms with Crippen LogP contribution in [0.5, 0.6) is 0 Å². The number of nitrogen functional groups attached to an aromatic ring is 1. The van der Waals surface area contributed by atoms with E-state index in [1.54, 1.807) is 6.20 Å². The molecule has 0 spiro atoms. The molecule has 0 bridgehead atoms. The number of thiazole rings is 1. The van der Waals surface area contributed by atoms with Gasteiger partial charge in [0.15, 0.2) is 10.8 Å². The number of rotatable bonds is 4. The second kappa shape index (κ2) is 6.34. The highest BCUT2D eigenvalue weighted by molar-refractivity contribution is 7.98. The molecule has 7 nitrogen and oxygen atoms in total. The molecule has 0 atom stereocenters. The molecule has 0 aliphatic rings. The van der Waals surface area contributed by atoms with Crippen LogP contribution in [0.25, 0.3) is 16.3 Å². The van der Waals surface area contributed by atoms with E-state index in [1.165, 1.54) is 43.8 Å². The summed E-state index contributed by atoms with van der Waals surface area (Å²) in [6.45, 7) is 2.03. The van der Waals surface area contributed by atoms with Crippen LogP contribution in [-0.4, -0.2) is 24.3 Å². The van der Waals surface area contributed by atoms with Crippen LogP contribution in [0.2, 0.25) is 0 Å². The second-order valence-corrected chi connectivity index (χ2v) is 7.29. The van der Waals surface area contributed by atoms with Gasteiger partial charge in [-0.15, -0.1) is 21.5 Å². The normalized spacial score (nSPS) is 11.2. The quantitative estimate of drug-likeness (QED) is 0.438. The standard InChI is InChI=1S/C16H14N6OS2/c1-10-2-4-11(5-3-10)14-19-20-16(22(14)17)25-9-12-8-13(23)21-6-7-24-15(21)18-12/h2-8H,9,17H2,1H3. The topological polar surface area (TPSA) is 91.1 Å². The maximum absolute atomic E-state index is 12.0. The van der Waals surface area contributed by atoms with Crippen LogP contribution in [0.3, 0.4) is 0 Å². The highest BCUT2D eigenvalue weighted by atomic mass is 32.2. The smallest absolute Gasteiger partial charge is 0.258 e. The van der Waals surface area contributed by atoms with E-state index in [2.05, 4.69) is 15.2 Å². The van der Waals surface area contributed by atoms with Crippen LogP contribution in [-0.2, 0) is 5.75 Å². The zero-order chi connectivity index (χ0) is 17.4. The van der Waals surface area contributed by atoms with Crippen molar-refractivity contribution in [2.75, 3.05) is 5.84 Å². The van der Waals surface area contributed by atoms with E-state index in [9.17, 15) is 4.79 Å². The van der Waals surface area contributed by atoms with Gasteiger partial charge in [-0.3, -0.25) is 9.20 Å². The van der Waals surface area contributed by atoms with Crippen molar-refractivity contribution < 1.29 is 0 Å². The average Bonchev–Trinajstić information content (AvgIpc) is 3.21. The fourth-order valence-electron chi connectivity index (χ4n) is 2.38. The number of thioether (sulfide) groups is 1. The Hall–Kier alpha value is -2.65. The van der Waals surface area contributed by atoms with Crippen molar-refractivity contribution in [1.82, 2.24) is 24.3 Å². The van der Waals surface area contributed by atoms with Gasteiger partial charge < -0.3 is 5.84 Å². The van der Waals surface area contributed by atoms with E-state index in [0.717, 1.165) is 5.56 Å². The Bertz CT molecular complexity index is 1100. The van der Waals surface area contributed by atoms with Crippen molar-refractivity contribution in [2.24, 2.45) is 0 Å². The summed E-state index contributed by atoms with van der Waals surface area (Å²) < 4.78 is 2.99. The van der Waals surface area contributed by atoms with Gasteiger partial charge in [-0.1, -0.05) is 41.6 Å². The van der Waals surface area contributed by atoms with Crippen molar-refractivity contribution in [3.63, 3.8) is 0 Å². The lowest BCUT2D eigenvalue weighted by molar-refractivity contribution is 0.849. The Kier molecular flexibility index (Phi) is 4.02. The third kappa shape index (κ3) is 3.03. The monoisotopic (exact) mass is 370 g/mol. The van der Waals surface area contributed by atoms with Crippen molar-refractivity contribution in [3.05, 3.63) is 63.5 Å². The van der Waals surface area contributed by atoms with Crippen molar-refractivity contribution in [2.45, 2.75) is 17.8 Å². The van der Waals surface area contributed by atoms with Crippen molar-refractivity contribution >= 4 is 28.1 Å². The Labute approximate surface area is 151 Å². The summed E-state index contributed by atoms with van der Waals surface area (Å²) in [7, 11) is 0. The van der Waals surface area contributed by atoms with Gasteiger partial charge in [-0.2, -0.15) is 0 Å². The van der Waals surface area contributed by atoms with Gasteiger partial charge in [0.2, 0.25) is 5.16 Å². The zero-order valence-corrected chi connectivity index (χ0v) is 14.9. The first-order valence-corrected chi connectivity index (χ1v) is 9.34. The second-order valence-electron chi connectivity index (χ2n) is 5.47. The molecule has 126 valence electrons.